The Morgan fingerprint density at radius 3 is 2.22 bits per heavy atom. The van der Waals surface area contributed by atoms with Gasteiger partial charge in [0.05, 0.1) is 11.3 Å². The van der Waals surface area contributed by atoms with Crippen LogP contribution in [0.15, 0.2) is 77.7 Å². The predicted molar refractivity (Wildman–Crippen MR) is 144 cm³/mol. The molecule has 2 unspecified atom stereocenters. The second-order valence-electron chi connectivity index (χ2n) is 10.1. The fraction of sp³-hybridized carbons (Fsp3) is 0.357. The molecule has 2 saturated heterocycles. The normalized spacial score (nSPS) is 26.9. The van der Waals surface area contributed by atoms with Crippen LogP contribution in [0.2, 0.25) is 0 Å². The van der Waals surface area contributed by atoms with Gasteiger partial charge in [0, 0.05) is 24.7 Å². The molecule has 2 aromatic carbocycles. The number of ether oxygens (including phenoxy) is 1. The molecule has 216 valence electrons. The van der Waals surface area contributed by atoms with Gasteiger partial charge in [0.1, 0.15) is 18.1 Å². The molecule has 3 aliphatic rings. The number of amides is 3. The molecule has 5 rings (SSSR count). The Morgan fingerprint density at radius 1 is 0.902 bits per heavy atom. The van der Waals surface area contributed by atoms with Crippen molar-refractivity contribution in [1.29, 1.82) is 0 Å². The predicted octanol–water partition coefficient (Wildman–Crippen LogP) is 0.155. The van der Waals surface area contributed by atoms with Gasteiger partial charge in [-0.3, -0.25) is 19.2 Å². The van der Waals surface area contributed by atoms with Crippen LogP contribution in [0.3, 0.4) is 0 Å². The summed E-state index contributed by atoms with van der Waals surface area (Å²) in [7, 11) is -4.04. The molecule has 0 bridgehead atoms. The third-order valence-corrected chi connectivity index (χ3v) is 9.20. The molecule has 0 aliphatic carbocycles. The van der Waals surface area contributed by atoms with Crippen LogP contribution >= 0.6 is 0 Å². The van der Waals surface area contributed by atoms with E-state index in [1.807, 2.05) is 0 Å². The number of carbonyl (C=O) groups excluding carboxylic acids is 4. The molecular formula is C28H30N4O8S. The van der Waals surface area contributed by atoms with E-state index in [1.54, 1.807) is 60.7 Å². The van der Waals surface area contributed by atoms with E-state index in [0.717, 1.165) is 0 Å². The van der Waals surface area contributed by atoms with Gasteiger partial charge in [-0.05, 0) is 37.1 Å². The quantitative estimate of drug-likeness (QED) is 0.320. The Morgan fingerprint density at radius 2 is 1.56 bits per heavy atom. The molecule has 0 aromatic heterocycles. The Balaban J connectivity index is 1.46. The molecule has 2 fully saturated rings. The highest BCUT2D eigenvalue weighted by molar-refractivity contribution is 7.89. The number of sulfonamides is 1. The number of nitrogens with zero attached hydrogens (tertiary/aromatic N) is 2. The summed E-state index contributed by atoms with van der Waals surface area (Å²) in [6.45, 7) is -0.448. The first-order valence-electron chi connectivity index (χ1n) is 13.2. The number of nitrogens with one attached hydrogen (secondary N) is 2. The zero-order chi connectivity index (χ0) is 29.1. The Labute approximate surface area is 237 Å². The average Bonchev–Trinajstić information content (AvgIpc) is 3.29. The first-order valence-corrected chi connectivity index (χ1v) is 14.7. The van der Waals surface area contributed by atoms with Crippen LogP contribution in [0.1, 0.15) is 29.6 Å². The molecule has 0 spiro atoms. The summed E-state index contributed by atoms with van der Waals surface area (Å²) >= 11 is 0. The van der Waals surface area contributed by atoms with Crippen molar-refractivity contribution in [2.45, 2.75) is 54.6 Å². The van der Waals surface area contributed by atoms with E-state index in [-0.39, 0.29) is 37.2 Å². The van der Waals surface area contributed by atoms with Crippen LogP contribution in [-0.2, 0) is 29.1 Å². The molecule has 3 aliphatic heterocycles. The molecule has 13 heteroatoms. The number of fused-ring (bicyclic) bond motifs is 1. The first kappa shape index (κ1) is 28.5. The number of carbonyl (C=O) groups is 4. The van der Waals surface area contributed by atoms with Crippen LogP contribution in [-0.4, -0.2) is 90.0 Å². The van der Waals surface area contributed by atoms with Gasteiger partial charge in [-0.15, -0.1) is 0 Å². The lowest BCUT2D eigenvalue weighted by atomic mass is 9.97. The van der Waals surface area contributed by atoms with E-state index in [2.05, 4.69) is 10.6 Å². The van der Waals surface area contributed by atoms with Crippen molar-refractivity contribution in [2.75, 3.05) is 13.1 Å². The molecule has 0 saturated carbocycles. The molecule has 3 N–H and O–H groups in total. The largest absolute Gasteiger partial charge is 0.434 e. The first-order chi connectivity index (χ1) is 19.6. The third kappa shape index (κ3) is 6.01. The van der Waals surface area contributed by atoms with Crippen LogP contribution < -0.4 is 10.6 Å². The van der Waals surface area contributed by atoms with Crippen molar-refractivity contribution >= 4 is 33.7 Å². The minimum Gasteiger partial charge on any atom is -0.434 e. The molecule has 5 atom stereocenters. The summed E-state index contributed by atoms with van der Waals surface area (Å²) in [6.07, 6.45) is 2.14. The van der Waals surface area contributed by atoms with Gasteiger partial charge in [-0.1, -0.05) is 48.6 Å². The van der Waals surface area contributed by atoms with Crippen molar-refractivity contribution in [2.24, 2.45) is 0 Å². The van der Waals surface area contributed by atoms with Gasteiger partial charge >= 0.3 is 5.97 Å². The Hall–Kier alpha value is -4.07. The smallest absolute Gasteiger partial charge is 0.310 e. The second kappa shape index (κ2) is 11.8. The number of benzene rings is 2. The lowest BCUT2D eigenvalue weighted by molar-refractivity contribution is -0.156. The number of aliphatic hydroxyl groups excluding tert-OH is 1. The summed E-state index contributed by atoms with van der Waals surface area (Å²) in [5.74, 6) is -2.46. The maximum Gasteiger partial charge on any atom is 0.310 e. The van der Waals surface area contributed by atoms with Gasteiger partial charge in [-0.25, -0.2) is 8.42 Å². The van der Waals surface area contributed by atoms with Gasteiger partial charge < -0.3 is 25.4 Å². The number of aliphatic hydroxyl groups is 1. The monoisotopic (exact) mass is 582 g/mol. The molecule has 3 amide bonds. The fourth-order valence-corrected chi connectivity index (χ4v) is 6.77. The summed E-state index contributed by atoms with van der Waals surface area (Å²) in [5, 5.41) is 15.4. The van der Waals surface area contributed by atoms with Crippen molar-refractivity contribution in [3.8, 4) is 0 Å². The van der Waals surface area contributed by atoms with E-state index in [9.17, 15) is 32.7 Å². The molecule has 3 heterocycles. The Kier molecular flexibility index (Phi) is 8.20. The highest BCUT2D eigenvalue weighted by Gasteiger charge is 2.47. The minimum absolute atomic E-state index is 0.0403. The summed E-state index contributed by atoms with van der Waals surface area (Å²) < 4.78 is 33.1. The SMILES string of the molecule is O=C1CC(NC(=O)[C@@H]2CN(S(=O)(=O)c3ccccc3)C[C@@H]3CC=CC[C@H](NC(=O)c4ccccc4)C(=O)N32)C(O)O1. The second-order valence-corrected chi connectivity index (χ2v) is 12.0. The zero-order valence-corrected chi connectivity index (χ0v) is 22.8. The van der Waals surface area contributed by atoms with E-state index in [4.69, 9.17) is 4.74 Å². The topological polar surface area (TPSA) is 162 Å². The van der Waals surface area contributed by atoms with Crippen LogP contribution in [0.4, 0.5) is 0 Å². The summed E-state index contributed by atoms with van der Waals surface area (Å²) in [6, 6.07) is 12.0. The summed E-state index contributed by atoms with van der Waals surface area (Å²) in [4.78, 5) is 53.6. The molecule has 12 nitrogen and oxygen atoms in total. The number of cyclic esters (lactones) is 1. The van der Waals surface area contributed by atoms with Gasteiger partial charge in [-0.2, -0.15) is 4.31 Å². The number of hydrogen-bond donors (Lipinski definition) is 3. The van der Waals surface area contributed by atoms with Crippen LogP contribution in [0, 0.1) is 0 Å². The molecular weight excluding hydrogens is 552 g/mol. The highest BCUT2D eigenvalue weighted by atomic mass is 32.2. The Bertz CT molecular complexity index is 1450. The maximum absolute atomic E-state index is 14.0. The lowest BCUT2D eigenvalue weighted by Crippen LogP contribution is -2.68. The minimum atomic E-state index is -4.04. The maximum atomic E-state index is 14.0. The average molecular weight is 583 g/mol. The number of esters is 1. The van der Waals surface area contributed by atoms with E-state index < -0.39 is 64.2 Å². The van der Waals surface area contributed by atoms with Crippen LogP contribution in [0.25, 0.3) is 0 Å². The summed E-state index contributed by atoms with van der Waals surface area (Å²) in [5.41, 5.74) is 0.357. The van der Waals surface area contributed by atoms with Gasteiger partial charge in [0.25, 0.3) is 5.91 Å². The number of hydrogen-bond acceptors (Lipinski definition) is 8. The highest BCUT2D eigenvalue weighted by Crippen LogP contribution is 2.28. The lowest BCUT2D eigenvalue weighted by Gasteiger charge is -2.47. The molecule has 2 aromatic rings. The van der Waals surface area contributed by atoms with E-state index in [1.165, 1.54) is 21.3 Å². The zero-order valence-electron chi connectivity index (χ0n) is 22.0. The van der Waals surface area contributed by atoms with E-state index in [0.29, 0.717) is 5.56 Å². The van der Waals surface area contributed by atoms with Crippen molar-refractivity contribution < 1.29 is 37.4 Å². The number of rotatable bonds is 6. The van der Waals surface area contributed by atoms with Crippen molar-refractivity contribution in [1.82, 2.24) is 19.8 Å². The van der Waals surface area contributed by atoms with Gasteiger partial charge in [0.2, 0.25) is 28.1 Å². The van der Waals surface area contributed by atoms with E-state index >= 15 is 0 Å². The third-order valence-electron chi connectivity index (χ3n) is 7.35. The fourth-order valence-electron chi connectivity index (χ4n) is 5.27. The van der Waals surface area contributed by atoms with Gasteiger partial charge in [0.15, 0.2) is 0 Å². The van der Waals surface area contributed by atoms with Crippen molar-refractivity contribution in [3.63, 3.8) is 0 Å². The van der Waals surface area contributed by atoms with Crippen molar-refractivity contribution in [3.05, 3.63) is 78.4 Å². The molecule has 41 heavy (non-hydrogen) atoms. The standard InChI is InChI=1S/C28H30N4O8S/c33-24-15-22(28(37)40-24)30-26(35)23-17-31(41(38,39)20-12-5-2-6-13-20)16-19-11-7-8-14-21(27(36)32(19)23)29-25(34)18-9-3-1-4-10-18/h1-10,12-13,19,21-23,28,37H,11,14-17H2,(H,29,34)(H,30,35)/t19-,21-,22?,23-,28?/m0/s1. The number of piperazine rings is 1. The molecule has 0 radical (unpaired) electrons. The van der Waals surface area contributed by atoms with Crippen LogP contribution in [0.5, 0.6) is 0 Å².